The molecule has 0 aliphatic carbocycles. The number of hydrogen-bond donors (Lipinski definition) is 1. The lowest BCUT2D eigenvalue weighted by atomic mass is 9.96. The number of benzene rings is 1. The average Bonchev–Trinajstić information content (AvgIpc) is 3.14. The van der Waals surface area contributed by atoms with Crippen LogP contribution in [0.2, 0.25) is 0 Å². The molecular formula is C19H20N6O2. The third-order valence-corrected chi connectivity index (χ3v) is 4.86. The summed E-state index contributed by atoms with van der Waals surface area (Å²) in [4.78, 5) is 39.0. The number of amides is 2. The van der Waals surface area contributed by atoms with Gasteiger partial charge in [-0.25, -0.2) is 4.98 Å². The molecule has 8 nitrogen and oxygen atoms in total. The number of rotatable bonds is 4. The normalized spacial score (nSPS) is 17.2. The number of carbonyl (C=O) groups is 2. The number of hydrogen-bond acceptors (Lipinski definition) is 5. The second-order valence-electron chi connectivity index (χ2n) is 6.73. The van der Waals surface area contributed by atoms with Gasteiger partial charge in [-0.2, -0.15) is 0 Å². The highest BCUT2D eigenvalue weighted by Crippen LogP contribution is 2.27. The zero-order valence-corrected chi connectivity index (χ0v) is 14.8. The van der Waals surface area contributed by atoms with Crippen LogP contribution in [0.15, 0.2) is 43.0 Å². The first-order valence-corrected chi connectivity index (χ1v) is 8.91. The van der Waals surface area contributed by atoms with Gasteiger partial charge in [0.05, 0.1) is 11.0 Å². The van der Waals surface area contributed by atoms with Crippen molar-refractivity contribution in [1.82, 2.24) is 24.4 Å². The van der Waals surface area contributed by atoms with Crippen molar-refractivity contribution in [2.45, 2.75) is 25.3 Å². The van der Waals surface area contributed by atoms with Crippen LogP contribution in [0.1, 0.15) is 34.9 Å². The Morgan fingerprint density at radius 1 is 1.11 bits per heavy atom. The van der Waals surface area contributed by atoms with E-state index in [1.165, 1.54) is 0 Å². The van der Waals surface area contributed by atoms with Gasteiger partial charge in [0, 0.05) is 49.4 Å². The van der Waals surface area contributed by atoms with E-state index in [1.54, 1.807) is 41.5 Å². The van der Waals surface area contributed by atoms with Crippen molar-refractivity contribution in [3.05, 3.63) is 54.4 Å². The van der Waals surface area contributed by atoms with Crippen molar-refractivity contribution in [3.63, 3.8) is 0 Å². The lowest BCUT2D eigenvalue weighted by molar-refractivity contribution is -0.118. The van der Waals surface area contributed by atoms with Gasteiger partial charge in [0.2, 0.25) is 5.91 Å². The van der Waals surface area contributed by atoms with E-state index in [-0.39, 0.29) is 18.4 Å². The molecule has 2 N–H and O–H groups in total. The molecule has 1 atom stereocenters. The molecule has 1 saturated heterocycles. The predicted molar refractivity (Wildman–Crippen MR) is 98.8 cm³/mol. The van der Waals surface area contributed by atoms with Crippen LogP contribution in [0.25, 0.3) is 11.0 Å². The molecule has 0 spiro atoms. The van der Waals surface area contributed by atoms with Crippen LogP contribution in [0.5, 0.6) is 0 Å². The minimum atomic E-state index is -0.407. The first-order valence-electron chi connectivity index (χ1n) is 8.91. The van der Waals surface area contributed by atoms with Gasteiger partial charge in [-0.3, -0.25) is 19.6 Å². The number of aromatic nitrogens is 4. The number of carbonyl (C=O) groups excluding carboxylic acids is 2. The Hall–Kier alpha value is -3.29. The van der Waals surface area contributed by atoms with E-state index < -0.39 is 5.91 Å². The zero-order chi connectivity index (χ0) is 18.8. The van der Waals surface area contributed by atoms with Gasteiger partial charge < -0.3 is 15.2 Å². The zero-order valence-electron chi connectivity index (χ0n) is 14.8. The summed E-state index contributed by atoms with van der Waals surface area (Å²) in [5, 5.41) is 0. The third kappa shape index (κ3) is 3.51. The first-order chi connectivity index (χ1) is 13.1. The molecule has 8 heteroatoms. The van der Waals surface area contributed by atoms with E-state index in [0.717, 1.165) is 24.2 Å². The van der Waals surface area contributed by atoms with Crippen molar-refractivity contribution in [2.24, 2.45) is 5.73 Å². The van der Waals surface area contributed by atoms with Crippen molar-refractivity contribution < 1.29 is 9.59 Å². The van der Waals surface area contributed by atoms with Crippen LogP contribution in [-0.4, -0.2) is 49.3 Å². The number of imidazole rings is 1. The largest absolute Gasteiger partial charge is 0.368 e. The van der Waals surface area contributed by atoms with Crippen molar-refractivity contribution in [2.75, 3.05) is 13.1 Å². The summed E-state index contributed by atoms with van der Waals surface area (Å²) in [6.45, 7) is 1.36. The first kappa shape index (κ1) is 17.1. The molecule has 1 aliphatic heterocycles. The molecule has 1 fully saturated rings. The van der Waals surface area contributed by atoms with Crippen LogP contribution in [0, 0.1) is 0 Å². The van der Waals surface area contributed by atoms with Crippen molar-refractivity contribution in [1.29, 1.82) is 0 Å². The van der Waals surface area contributed by atoms with Crippen LogP contribution < -0.4 is 5.73 Å². The summed E-state index contributed by atoms with van der Waals surface area (Å²) in [6, 6.07) is 5.38. The molecule has 4 rings (SSSR count). The quantitative estimate of drug-likeness (QED) is 0.751. The Balaban J connectivity index is 1.54. The van der Waals surface area contributed by atoms with Gasteiger partial charge in [-0.15, -0.1) is 0 Å². The van der Waals surface area contributed by atoms with Gasteiger partial charge in [-0.05, 0) is 31.0 Å². The van der Waals surface area contributed by atoms with Crippen LogP contribution in [0.4, 0.5) is 0 Å². The van der Waals surface area contributed by atoms with Gasteiger partial charge in [0.15, 0.2) is 0 Å². The summed E-state index contributed by atoms with van der Waals surface area (Å²) >= 11 is 0. The third-order valence-electron chi connectivity index (χ3n) is 4.86. The van der Waals surface area contributed by atoms with Gasteiger partial charge in [-0.1, -0.05) is 0 Å². The molecule has 27 heavy (non-hydrogen) atoms. The topological polar surface area (TPSA) is 107 Å². The van der Waals surface area contributed by atoms with Gasteiger partial charge in [0.1, 0.15) is 12.4 Å². The number of primary amides is 1. The fourth-order valence-corrected chi connectivity index (χ4v) is 3.63. The number of nitrogens with zero attached hydrogens (tertiary/aromatic N) is 5. The summed E-state index contributed by atoms with van der Waals surface area (Å²) in [5.74, 6) is 0.448. The average molecular weight is 364 g/mol. The number of piperidine rings is 1. The van der Waals surface area contributed by atoms with Crippen LogP contribution in [0.3, 0.4) is 0 Å². The van der Waals surface area contributed by atoms with E-state index in [9.17, 15) is 9.59 Å². The Kier molecular flexibility index (Phi) is 4.53. The van der Waals surface area contributed by atoms with Gasteiger partial charge in [0.25, 0.3) is 5.91 Å². The summed E-state index contributed by atoms with van der Waals surface area (Å²) in [6.07, 6.45) is 8.47. The predicted octanol–water partition coefficient (Wildman–Crippen LogP) is 1.33. The fraction of sp³-hybridized carbons (Fsp3) is 0.316. The molecule has 3 aromatic rings. The lowest BCUT2D eigenvalue weighted by Gasteiger charge is -2.32. The molecule has 0 unspecified atom stereocenters. The maximum Gasteiger partial charge on any atom is 0.253 e. The van der Waals surface area contributed by atoms with Crippen molar-refractivity contribution in [3.8, 4) is 0 Å². The number of nitrogens with two attached hydrogens (primary N) is 1. The molecule has 1 aliphatic rings. The lowest BCUT2D eigenvalue weighted by Crippen LogP contribution is -2.40. The van der Waals surface area contributed by atoms with E-state index in [2.05, 4.69) is 15.0 Å². The SMILES string of the molecule is NC(=O)Cn1ccnc1[C@@H]1CCCN(C(=O)c2ccc3nccnc3c2)C1. The molecular weight excluding hydrogens is 344 g/mol. The molecule has 1 aromatic carbocycles. The smallest absolute Gasteiger partial charge is 0.253 e. The Bertz CT molecular complexity index is 999. The van der Waals surface area contributed by atoms with Crippen molar-refractivity contribution >= 4 is 22.8 Å². The van der Waals surface area contributed by atoms with E-state index in [1.807, 2.05) is 11.0 Å². The molecule has 0 radical (unpaired) electrons. The highest BCUT2D eigenvalue weighted by Gasteiger charge is 2.28. The number of likely N-dealkylation sites (tertiary alicyclic amines) is 1. The number of fused-ring (bicyclic) bond motifs is 1. The molecule has 138 valence electrons. The maximum atomic E-state index is 13.0. The summed E-state index contributed by atoms with van der Waals surface area (Å²) < 4.78 is 1.77. The van der Waals surface area contributed by atoms with E-state index in [4.69, 9.17) is 5.73 Å². The maximum absolute atomic E-state index is 13.0. The van der Waals surface area contributed by atoms with Crippen LogP contribution in [-0.2, 0) is 11.3 Å². The Morgan fingerprint density at radius 2 is 1.93 bits per heavy atom. The molecule has 0 bridgehead atoms. The Morgan fingerprint density at radius 3 is 2.74 bits per heavy atom. The summed E-state index contributed by atoms with van der Waals surface area (Å²) in [7, 11) is 0. The summed E-state index contributed by atoms with van der Waals surface area (Å²) in [5.41, 5.74) is 7.38. The highest BCUT2D eigenvalue weighted by atomic mass is 16.2. The molecule has 0 saturated carbocycles. The fourth-order valence-electron chi connectivity index (χ4n) is 3.63. The second kappa shape index (κ2) is 7.14. The monoisotopic (exact) mass is 364 g/mol. The van der Waals surface area contributed by atoms with Gasteiger partial charge >= 0.3 is 0 Å². The Labute approximate surface area is 156 Å². The second-order valence-corrected chi connectivity index (χ2v) is 6.73. The molecule has 2 amide bonds. The van der Waals surface area contributed by atoms with Crippen LogP contribution >= 0.6 is 0 Å². The minimum Gasteiger partial charge on any atom is -0.368 e. The minimum absolute atomic E-state index is 0.0275. The highest BCUT2D eigenvalue weighted by molar-refractivity contribution is 5.97. The molecule has 2 aromatic heterocycles. The van der Waals surface area contributed by atoms with E-state index in [0.29, 0.717) is 24.2 Å². The van der Waals surface area contributed by atoms with E-state index >= 15 is 0 Å². The molecule has 3 heterocycles. The standard InChI is InChI=1S/C19H20N6O2/c20-17(26)12-24-9-7-23-18(24)14-2-1-8-25(11-14)19(27)13-3-4-15-16(10-13)22-6-5-21-15/h3-7,9-10,14H,1-2,8,11-12H2,(H2,20,26)/t14-/m1/s1.